The summed E-state index contributed by atoms with van der Waals surface area (Å²) in [6.45, 7) is 1.28. The smallest absolute Gasteiger partial charge is 0.162 e. The Morgan fingerprint density at radius 1 is 0.806 bits per heavy atom. The van der Waals surface area contributed by atoms with Crippen LogP contribution in [0.4, 0.5) is 14.5 Å². The van der Waals surface area contributed by atoms with Gasteiger partial charge in [0.1, 0.15) is 24.0 Å². The number of ketones is 1. The molecular weight excluding hydrogens is 456 g/mol. The topological polar surface area (TPSA) is 29.5 Å². The fourth-order valence-electron chi connectivity index (χ4n) is 4.78. The Kier molecular flexibility index (Phi) is 7.08. The van der Waals surface area contributed by atoms with Crippen LogP contribution in [0.3, 0.4) is 0 Å². The van der Waals surface area contributed by atoms with Gasteiger partial charge in [-0.15, -0.1) is 0 Å². The lowest BCUT2D eigenvalue weighted by Gasteiger charge is -2.50. The van der Waals surface area contributed by atoms with E-state index in [1.807, 2.05) is 42.5 Å². The lowest BCUT2D eigenvalue weighted by molar-refractivity contribution is 0.0965. The van der Waals surface area contributed by atoms with Gasteiger partial charge in [0.2, 0.25) is 0 Å². The molecule has 182 valence electrons. The zero-order valence-electron chi connectivity index (χ0n) is 19.8. The second-order valence-corrected chi connectivity index (χ2v) is 9.15. The van der Waals surface area contributed by atoms with E-state index in [9.17, 15) is 13.6 Å². The van der Waals surface area contributed by atoms with Crippen molar-refractivity contribution in [1.29, 1.82) is 0 Å². The number of ether oxygens (including phenoxy) is 1. The minimum absolute atomic E-state index is 0.0126. The van der Waals surface area contributed by atoms with E-state index in [0.29, 0.717) is 25.0 Å². The standard InChI is InChI=1S/C31H27F2NO2/c32-26-11-6-23(7-12-26)30(35)19-10-25-20-34(28-15-13-27(33)14-16-28)31(25)24-8-17-29(18-9-24)36-21-22-4-2-1-3-5-22/h1-9,11-18,25,31H,10,19-21H2/t25-,31+/m0/s1. The molecular formula is C31H27F2NO2. The predicted octanol–water partition coefficient (Wildman–Crippen LogP) is 7.38. The van der Waals surface area contributed by atoms with Crippen LogP contribution >= 0.6 is 0 Å². The van der Waals surface area contributed by atoms with Crippen molar-refractivity contribution in [3.63, 3.8) is 0 Å². The fourth-order valence-corrected chi connectivity index (χ4v) is 4.78. The number of anilines is 1. The van der Waals surface area contributed by atoms with Crippen LogP contribution in [0.15, 0.2) is 103 Å². The number of Topliss-reactive ketones (excluding diaryl/α,β-unsaturated/α-hetero) is 1. The fraction of sp³-hybridized carbons (Fsp3) is 0.194. The lowest BCUT2D eigenvalue weighted by Crippen LogP contribution is -2.50. The molecule has 3 nitrogen and oxygen atoms in total. The maximum Gasteiger partial charge on any atom is 0.162 e. The molecule has 0 radical (unpaired) electrons. The number of carbonyl (C=O) groups excluding carboxylic acids is 1. The van der Waals surface area contributed by atoms with Crippen LogP contribution in [0.2, 0.25) is 0 Å². The van der Waals surface area contributed by atoms with Gasteiger partial charge in [0.25, 0.3) is 0 Å². The van der Waals surface area contributed by atoms with Gasteiger partial charge in [0, 0.05) is 30.1 Å². The Balaban J connectivity index is 1.29. The molecule has 2 atom stereocenters. The summed E-state index contributed by atoms with van der Waals surface area (Å²) in [6.07, 6.45) is 1.10. The van der Waals surface area contributed by atoms with Gasteiger partial charge in [0.05, 0.1) is 6.04 Å². The summed E-state index contributed by atoms with van der Waals surface area (Å²) in [5.41, 5.74) is 3.71. The van der Waals surface area contributed by atoms with E-state index < -0.39 is 0 Å². The highest BCUT2D eigenvalue weighted by atomic mass is 19.1. The second-order valence-electron chi connectivity index (χ2n) is 9.15. The highest BCUT2D eigenvalue weighted by Gasteiger charge is 2.40. The van der Waals surface area contributed by atoms with Crippen LogP contribution in [-0.2, 0) is 6.61 Å². The Morgan fingerprint density at radius 2 is 1.44 bits per heavy atom. The Morgan fingerprint density at radius 3 is 2.11 bits per heavy atom. The molecule has 0 spiro atoms. The van der Waals surface area contributed by atoms with E-state index in [1.165, 1.54) is 36.4 Å². The molecule has 5 heteroatoms. The van der Waals surface area contributed by atoms with Gasteiger partial charge in [-0.2, -0.15) is 0 Å². The Bertz CT molecular complexity index is 1290. The first-order chi connectivity index (χ1) is 17.6. The SMILES string of the molecule is O=C(CC[C@H]1CN(c2ccc(F)cc2)[C@@H]1c1ccc(OCc2ccccc2)cc1)c1ccc(F)cc1. The van der Waals surface area contributed by atoms with Gasteiger partial charge in [-0.05, 0) is 78.2 Å². The van der Waals surface area contributed by atoms with Crippen molar-refractivity contribution in [2.24, 2.45) is 5.92 Å². The molecule has 0 saturated carbocycles. The molecule has 1 heterocycles. The largest absolute Gasteiger partial charge is 0.489 e. The first-order valence-corrected chi connectivity index (χ1v) is 12.1. The van der Waals surface area contributed by atoms with Gasteiger partial charge in [0.15, 0.2) is 5.78 Å². The Hall–Kier alpha value is -3.99. The van der Waals surface area contributed by atoms with Crippen molar-refractivity contribution in [2.75, 3.05) is 11.4 Å². The zero-order chi connectivity index (χ0) is 24.9. The maximum atomic E-state index is 13.5. The van der Waals surface area contributed by atoms with Crippen LogP contribution < -0.4 is 9.64 Å². The van der Waals surface area contributed by atoms with Crippen LogP contribution in [-0.4, -0.2) is 12.3 Å². The second kappa shape index (κ2) is 10.7. The highest BCUT2D eigenvalue weighted by molar-refractivity contribution is 5.96. The molecule has 4 aromatic carbocycles. The molecule has 0 unspecified atom stereocenters. The monoisotopic (exact) mass is 483 g/mol. The number of halogens is 2. The number of benzene rings is 4. The van der Waals surface area contributed by atoms with Gasteiger partial charge in [-0.1, -0.05) is 42.5 Å². The van der Waals surface area contributed by atoms with Crippen molar-refractivity contribution in [2.45, 2.75) is 25.5 Å². The van der Waals surface area contributed by atoms with E-state index in [1.54, 1.807) is 12.1 Å². The molecule has 1 fully saturated rings. The van der Waals surface area contributed by atoms with Crippen molar-refractivity contribution in [3.8, 4) is 5.75 Å². The Labute approximate surface area is 210 Å². The van der Waals surface area contributed by atoms with Crippen LogP contribution in [0.25, 0.3) is 0 Å². The van der Waals surface area contributed by atoms with Crippen molar-refractivity contribution in [1.82, 2.24) is 0 Å². The molecule has 4 aromatic rings. The molecule has 5 rings (SSSR count). The lowest BCUT2D eigenvalue weighted by atomic mass is 9.79. The number of nitrogens with zero attached hydrogens (tertiary/aromatic N) is 1. The number of rotatable bonds is 9. The summed E-state index contributed by atoms with van der Waals surface area (Å²) >= 11 is 0. The molecule has 0 aromatic heterocycles. The summed E-state index contributed by atoms with van der Waals surface area (Å²) in [6, 6.07) is 30.4. The summed E-state index contributed by atoms with van der Waals surface area (Å²) in [5.74, 6) is 0.446. The first kappa shape index (κ1) is 23.7. The third-order valence-electron chi connectivity index (χ3n) is 6.75. The third kappa shape index (κ3) is 5.46. The molecule has 0 N–H and O–H groups in total. The summed E-state index contributed by atoms with van der Waals surface area (Å²) in [5, 5.41) is 0. The normalized spacial score (nSPS) is 16.9. The van der Waals surface area contributed by atoms with E-state index in [-0.39, 0.29) is 29.4 Å². The molecule has 36 heavy (non-hydrogen) atoms. The van der Waals surface area contributed by atoms with Gasteiger partial charge < -0.3 is 9.64 Å². The molecule has 0 aliphatic carbocycles. The minimum atomic E-state index is -0.350. The van der Waals surface area contributed by atoms with Crippen LogP contribution in [0.1, 0.15) is 40.4 Å². The first-order valence-electron chi connectivity index (χ1n) is 12.1. The molecule has 0 bridgehead atoms. The summed E-state index contributed by atoms with van der Waals surface area (Å²) in [7, 11) is 0. The quantitative estimate of drug-likeness (QED) is 0.233. The van der Waals surface area contributed by atoms with Gasteiger partial charge in [-0.25, -0.2) is 8.78 Å². The van der Waals surface area contributed by atoms with Gasteiger partial charge in [-0.3, -0.25) is 4.79 Å². The van der Waals surface area contributed by atoms with E-state index in [2.05, 4.69) is 17.0 Å². The van der Waals surface area contributed by atoms with E-state index in [0.717, 1.165) is 29.1 Å². The van der Waals surface area contributed by atoms with E-state index in [4.69, 9.17) is 4.74 Å². The highest BCUT2D eigenvalue weighted by Crippen LogP contribution is 2.44. The maximum absolute atomic E-state index is 13.5. The molecule has 0 amide bonds. The van der Waals surface area contributed by atoms with Crippen molar-refractivity contribution in [3.05, 3.63) is 131 Å². The average molecular weight is 484 g/mol. The van der Waals surface area contributed by atoms with Crippen LogP contribution in [0, 0.1) is 17.6 Å². The zero-order valence-corrected chi connectivity index (χ0v) is 19.8. The van der Waals surface area contributed by atoms with Crippen LogP contribution in [0.5, 0.6) is 5.75 Å². The number of hydrogen-bond donors (Lipinski definition) is 0. The van der Waals surface area contributed by atoms with Gasteiger partial charge >= 0.3 is 0 Å². The number of hydrogen-bond acceptors (Lipinski definition) is 3. The predicted molar refractivity (Wildman–Crippen MR) is 137 cm³/mol. The van der Waals surface area contributed by atoms with Crippen molar-refractivity contribution >= 4 is 11.5 Å². The molecule has 1 saturated heterocycles. The number of carbonyl (C=O) groups is 1. The van der Waals surface area contributed by atoms with Crippen molar-refractivity contribution < 1.29 is 18.3 Å². The minimum Gasteiger partial charge on any atom is -0.489 e. The molecule has 1 aliphatic heterocycles. The summed E-state index contributed by atoms with van der Waals surface area (Å²) < 4.78 is 32.7. The third-order valence-corrected chi connectivity index (χ3v) is 6.75. The van der Waals surface area contributed by atoms with E-state index >= 15 is 0 Å². The summed E-state index contributed by atoms with van der Waals surface area (Å²) in [4.78, 5) is 14.9. The average Bonchev–Trinajstić information content (AvgIpc) is 2.89. The molecule has 1 aliphatic rings.